The molecule has 0 N–H and O–H groups in total. The van der Waals surface area contributed by atoms with Gasteiger partial charge in [-0.25, -0.2) is 0 Å². The van der Waals surface area contributed by atoms with E-state index in [2.05, 4.69) is 13.8 Å². The van der Waals surface area contributed by atoms with Gasteiger partial charge in [0.15, 0.2) is 0 Å². The van der Waals surface area contributed by atoms with Crippen LogP contribution in [0.5, 0.6) is 0 Å². The molecule has 0 radical (unpaired) electrons. The van der Waals surface area contributed by atoms with Crippen LogP contribution in [0.15, 0.2) is 0 Å². The minimum atomic E-state index is 0.0223. The number of hydrogen-bond acceptors (Lipinski definition) is 2. The van der Waals surface area contributed by atoms with E-state index in [1.165, 1.54) is 6.42 Å². The summed E-state index contributed by atoms with van der Waals surface area (Å²) < 4.78 is 5.27. The average Bonchev–Trinajstić information content (AvgIpc) is 2.17. The van der Waals surface area contributed by atoms with Crippen molar-refractivity contribution in [2.75, 3.05) is 7.11 Å². The van der Waals surface area contributed by atoms with Gasteiger partial charge in [0.05, 0.1) is 6.10 Å². The standard InChI is InChI=1S/C11H22O2/c1-5-9(2)6-7-11(13-4)10(3)8-12/h8-11H,5-7H2,1-4H3. The van der Waals surface area contributed by atoms with Crippen LogP contribution in [0, 0.1) is 11.8 Å². The van der Waals surface area contributed by atoms with Crippen molar-refractivity contribution in [2.24, 2.45) is 11.8 Å². The zero-order valence-corrected chi connectivity index (χ0v) is 9.25. The first-order chi connectivity index (χ1) is 6.15. The molecule has 78 valence electrons. The minimum absolute atomic E-state index is 0.0223. The molecule has 0 heterocycles. The first-order valence-corrected chi connectivity index (χ1v) is 5.13. The zero-order valence-electron chi connectivity index (χ0n) is 9.25. The molecule has 0 aromatic rings. The van der Waals surface area contributed by atoms with Gasteiger partial charge in [0.25, 0.3) is 0 Å². The van der Waals surface area contributed by atoms with Crippen molar-refractivity contribution in [3.05, 3.63) is 0 Å². The summed E-state index contributed by atoms with van der Waals surface area (Å²) in [6.45, 7) is 6.34. The largest absolute Gasteiger partial charge is 0.381 e. The van der Waals surface area contributed by atoms with Crippen molar-refractivity contribution < 1.29 is 9.53 Å². The fourth-order valence-electron chi connectivity index (χ4n) is 1.34. The third-order valence-corrected chi connectivity index (χ3v) is 2.74. The Morgan fingerprint density at radius 1 is 1.31 bits per heavy atom. The molecule has 0 fully saturated rings. The molecule has 0 aromatic heterocycles. The van der Waals surface area contributed by atoms with Crippen LogP contribution in [0.3, 0.4) is 0 Å². The van der Waals surface area contributed by atoms with Crippen molar-refractivity contribution in [1.82, 2.24) is 0 Å². The van der Waals surface area contributed by atoms with E-state index in [1.54, 1.807) is 7.11 Å². The maximum atomic E-state index is 10.5. The highest BCUT2D eigenvalue weighted by atomic mass is 16.5. The van der Waals surface area contributed by atoms with Crippen LogP contribution >= 0.6 is 0 Å². The van der Waals surface area contributed by atoms with Crippen LogP contribution in [0.4, 0.5) is 0 Å². The third-order valence-electron chi connectivity index (χ3n) is 2.74. The lowest BCUT2D eigenvalue weighted by Gasteiger charge is -2.19. The van der Waals surface area contributed by atoms with Gasteiger partial charge < -0.3 is 9.53 Å². The van der Waals surface area contributed by atoms with Gasteiger partial charge in [-0.15, -0.1) is 0 Å². The highest BCUT2D eigenvalue weighted by Gasteiger charge is 2.16. The molecule has 2 nitrogen and oxygen atoms in total. The van der Waals surface area contributed by atoms with E-state index in [9.17, 15) is 4.79 Å². The average molecular weight is 186 g/mol. The second-order valence-corrected chi connectivity index (χ2v) is 3.86. The lowest BCUT2D eigenvalue weighted by Crippen LogP contribution is -2.22. The molecule has 2 heteroatoms. The van der Waals surface area contributed by atoms with Crippen LogP contribution < -0.4 is 0 Å². The highest BCUT2D eigenvalue weighted by Crippen LogP contribution is 2.16. The minimum Gasteiger partial charge on any atom is -0.381 e. The normalized spacial score (nSPS) is 17.8. The first kappa shape index (κ1) is 12.6. The van der Waals surface area contributed by atoms with Crippen LogP contribution in [-0.2, 0) is 9.53 Å². The predicted molar refractivity (Wildman–Crippen MR) is 54.7 cm³/mol. The Kier molecular flexibility index (Phi) is 6.87. The Morgan fingerprint density at radius 3 is 2.31 bits per heavy atom. The van der Waals surface area contributed by atoms with Gasteiger partial charge in [-0.3, -0.25) is 0 Å². The number of carbonyl (C=O) groups is 1. The number of carbonyl (C=O) groups excluding carboxylic acids is 1. The smallest absolute Gasteiger partial charge is 0.125 e. The summed E-state index contributed by atoms with van der Waals surface area (Å²) >= 11 is 0. The Balaban J connectivity index is 3.77. The SMILES string of the molecule is CCC(C)CCC(OC)C(C)C=O. The van der Waals surface area contributed by atoms with Crippen LogP contribution in [0.2, 0.25) is 0 Å². The lowest BCUT2D eigenvalue weighted by molar-refractivity contribution is -0.114. The maximum absolute atomic E-state index is 10.5. The van der Waals surface area contributed by atoms with E-state index < -0.39 is 0 Å². The van der Waals surface area contributed by atoms with Gasteiger partial charge >= 0.3 is 0 Å². The molecular formula is C11H22O2. The summed E-state index contributed by atoms with van der Waals surface area (Å²) in [6.07, 6.45) is 4.42. The maximum Gasteiger partial charge on any atom is 0.125 e. The predicted octanol–water partition coefficient (Wildman–Crippen LogP) is 2.66. The summed E-state index contributed by atoms with van der Waals surface area (Å²) in [4.78, 5) is 10.5. The number of aldehydes is 1. The second-order valence-electron chi connectivity index (χ2n) is 3.86. The molecule has 3 unspecified atom stereocenters. The first-order valence-electron chi connectivity index (χ1n) is 5.13. The van der Waals surface area contributed by atoms with Crippen molar-refractivity contribution in [2.45, 2.75) is 46.1 Å². The molecule has 0 aliphatic carbocycles. The van der Waals surface area contributed by atoms with Crippen molar-refractivity contribution in [3.8, 4) is 0 Å². The van der Waals surface area contributed by atoms with Gasteiger partial charge in [0.2, 0.25) is 0 Å². The summed E-state index contributed by atoms with van der Waals surface area (Å²) in [5.41, 5.74) is 0. The molecule has 0 saturated carbocycles. The molecule has 0 aliphatic rings. The van der Waals surface area contributed by atoms with E-state index >= 15 is 0 Å². The molecule has 3 atom stereocenters. The molecular weight excluding hydrogens is 164 g/mol. The molecule has 0 rings (SSSR count). The van der Waals surface area contributed by atoms with Gasteiger partial charge in [0.1, 0.15) is 6.29 Å². The Hall–Kier alpha value is -0.370. The lowest BCUT2D eigenvalue weighted by atomic mass is 9.95. The quantitative estimate of drug-likeness (QED) is 0.571. The topological polar surface area (TPSA) is 26.3 Å². The molecule has 0 bridgehead atoms. The number of ether oxygens (including phenoxy) is 1. The number of hydrogen-bond donors (Lipinski definition) is 0. The van der Waals surface area contributed by atoms with Crippen molar-refractivity contribution in [3.63, 3.8) is 0 Å². The van der Waals surface area contributed by atoms with E-state index in [4.69, 9.17) is 4.74 Å². The van der Waals surface area contributed by atoms with Gasteiger partial charge in [-0.1, -0.05) is 27.2 Å². The molecule has 0 spiro atoms. The molecule has 0 aliphatic heterocycles. The monoisotopic (exact) mass is 186 g/mol. The van der Waals surface area contributed by atoms with Crippen LogP contribution in [-0.4, -0.2) is 19.5 Å². The van der Waals surface area contributed by atoms with E-state index in [-0.39, 0.29) is 12.0 Å². The van der Waals surface area contributed by atoms with Crippen molar-refractivity contribution in [1.29, 1.82) is 0 Å². The highest BCUT2D eigenvalue weighted by molar-refractivity contribution is 5.53. The number of rotatable bonds is 7. The summed E-state index contributed by atoms with van der Waals surface area (Å²) in [6, 6.07) is 0. The van der Waals surface area contributed by atoms with E-state index in [1.807, 2.05) is 6.92 Å². The van der Waals surface area contributed by atoms with E-state index in [0.717, 1.165) is 25.0 Å². The van der Waals surface area contributed by atoms with Gasteiger partial charge in [0, 0.05) is 13.0 Å². The Morgan fingerprint density at radius 2 is 1.92 bits per heavy atom. The summed E-state index contributed by atoms with van der Waals surface area (Å²) in [5.74, 6) is 0.755. The summed E-state index contributed by atoms with van der Waals surface area (Å²) in [7, 11) is 1.68. The fourth-order valence-corrected chi connectivity index (χ4v) is 1.34. The fraction of sp³-hybridized carbons (Fsp3) is 0.909. The van der Waals surface area contributed by atoms with Crippen LogP contribution in [0.25, 0.3) is 0 Å². The van der Waals surface area contributed by atoms with Gasteiger partial charge in [-0.2, -0.15) is 0 Å². The molecule has 13 heavy (non-hydrogen) atoms. The third kappa shape index (κ3) is 5.04. The van der Waals surface area contributed by atoms with Gasteiger partial charge in [-0.05, 0) is 18.8 Å². The molecule has 0 aromatic carbocycles. The molecule has 0 saturated heterocycles. The molecule has 0 amide bonds. The Labute approximate surface area is 81.7 Å². The summed E-state index contributed by atoms with van der Waals surface area (Å²) in [5, 5.41) is 0. The second kappa shape index (κ2) is 7.07. The van der Waals surface area contributed by atoms with E-state index in [0.29, 0.717) is 0 Å². The van der Waals surface area contributed by atoms with Crippen LogP contribution in [0.1, 0.15) is 40.0 Å². The zero-order chi connectivity index (χ0) is 10.3. The number of methoxy groups -OCH3 is 1. The Bertz CT molecular complexity index is 134. The van der Waals surface area contributed by atoms with Crippen molar-refractivity contribution >= 4 is 6.29 Å².